The van der Waals surface area contributed by atoms with Crippen molar-refractivity contribution in [3.8, 4) is 0 Å². The van der Waals surface area contributed by atoms with E-state index in [4.69, 9.17) is 16.3 Å². The van der Waals surface area contributed by atoms with Crippen LogP contribution in [0.1, 0.15) is 39.5 Å². The first-order valence-corrected chi connectivity index (χ1v) is 11.3. The van der Waals surface area contributed by atoms with Gasteiger partial charge in [0.1, 0.15) is 10.6 Å². The van der Waals surface area contributed by atoms with Gasteiger partial charge in [0, 0.05) is 10.6 Å². The van der Waals surface area contributed by atoms with E-state index in [0.29, 0.717) is 21.8 Å². The molecule has 1 aromatic heterocycles. The number of hydrogen-bond acceptors (Lipinski definition) is 7. The molecule has 3 aromatic rings. The second-order valence-corrected chi connectivity index (χ2v) is 8.63. The van der Waals surface area contributed by atoms with Crippen LogP contribution in [-0.2, 0) is 14.3 Å². The van der Waals surface area contributed by atoms with E-state index in [1.807, 2.05) is 0 Å². The molecule has 1 aliphatic rings. The van der Waals surface area contributed by atoms with Crippen molar-refractivity contribution in [3.63, 3.8) is 0 Å². The molecule has 0 radical (unpaired) electrons. The van der Waals surface area contributed by atoms with Crippen LogP contribution in [0.5, 0.6) is 0 Å². The number of aryl methyl sites for hydroxylation is 1. The van der Waals surface area contributed by atoms with Gasteiger partial charge < -0.3 is 9.84 Å². The Labute approximate surface area is 198 Å². The molecule has 1 unspecified atom stereocenters. The number of carbonyl (C=O) groups is 3. The molecule has 0 aliphatic carbocycles. The summed E-state index contributed by atoms with van der Waals surface area (Å²) >= 11 is 6.92. The van der Waals surface area contributed by atoms with Crippen molar-refractivity contribution in [2.24, 2.45) is 0 Å². The summed E-state index contributed by atoms with van der Waals surface area (Å²) in [7, 11) is 0. The first-order valence-electron chi connectivity index (χ1n) is 10.1. The number of hydrogen-bond donors (Lipinski definition) is 1. The normalized spacial score (nSPS) is 17.4. The fraction of sp³-hybridized carbons (Fsp3) is 0.167. The molecule has 1 N–H and O–H groups in total. The van der Waals surface area contributed by atoms with E-state index in [1.165, 1.54) is 4.90 Å². The number of ether oxygens (including phenoxy) is 1. The van der Waals surface area contributed by atoms with Gasteiger partial charge >= 0.3 is 11.9 Å². The second kappa shape index (κ2) is 9.17. The minimum absolute atomic E-state index is 0.0703. The number of esters is 1. The van der Waals surface area contributed by atoms with E-state index in [2.05, 4.69) is 4.98 Å². The molecule has 1 saturated heterocycles. The third-order valence-corrected chi connectivity index (χ3v) is 6.52. The zero-order valence-corrected chi connectivity index (χ0v) is 19.3. The lowest BCUT2D eigenvalue weighted by Crippen LogP contribution is -2.29. The quantitative estimate of drug-likeness (QED) is 0.240. The van der Waals surface area contributed by atoms with Crippen molar-refractivity contribution in [2.75, 3.05) is 11.5 Å². The molecular formula is C24H19ClN2O5S. The lowest BCUT2D eigenvalue weighted by Gasteiger charge is -2.22. The summed E-state index contributed by atoms with van der Waals surface area (Å²) in [6, 6.07) is 14.2. The van der Waals surface area contributed by atoms with Gasteiger partial charge in [-0.05, 0) is 43.7 Å². The van der Waals surface area contributed by atoms with Gasteiger partial charge in [0.2, 0.25) is 0 Å². The fourth-order valence-electron chi connectivity index (χ4n) is 3.62. The van der Waals surface area contributed by atoms with Crippen LogP contribution in [-0.4, -0.2) is 34.4 Å². The molecular weight excluding hydrogens is 464 g/mol. The van der Waals surface area contributed by atoms with Crippen molar-refractivity contribution in [3.05, 3.63) is 86.9 Å². The molecule has 0 saturated carbocycles. The first kappa shape index (κ1) is 22.7. The molecule has 1 amide bonds. The highest BCUT2D eigenvalue weighted by Gasteiger charge is 2.48. The number of nitrogens with zero attached hydrogens (tertiary/aromatic N) is 2. The molecule has 1 aliphatic heterocycles. The molecule has 2 aromatic carbocycles. The minimum atomic E-state index is -0.928. The number of thiazole rings is 1. The van der Waals surface area contributed by atoms with Crippen molar-refractivity contribution >= 4 is 51.5 Å². The highest BCUT2D eigenvalue weighted by molar-refractivity contribution is 7.17. The maximum absolute atomic E-state index is 13.2. The van der Waals surface area contributed by atoms with Crippen molar-refractivity contribution in [2.45, 2.75) is 19.9 Å². The molecule has 0 spiro atoms. The van der Waals surface area contributed by atoms with Crippen LogP contribution in [0.2, 0.25) is 5.02 Å². The monoisotopic (exact) mass is 482 g/mol. The fourth-order valence-corrected chi connectivity index (χ4v) is 4.73. The van der Waals surface area contributed by atoms with Crippen LogP contribution in [0.15, 0.2) is 60.2 Å². The summed E-state index contributed by atoms with van der Waals surface area (Å²) in [5.74, 6) is -2.56. The molecule has 4 rings (SSSR count). The molecule has 33 heavy (non-hydrogen) atoms. The lowest BCUT2D eigenvalue weighted by molar-refractivity contribution is -0.132. The number of carbonyl (C=O) groups excluding carboxylic acids is 3. The lowest BCUT2D eigenvalue weighted by atomic mass is 9.95. The average Bonchev–Trinajstić information content (AvgIpc) is 3.31. The summed E-state index contributed by atoms with van der Waals surface area (Å²) in [4.78, 5) is 44.4. The van der Waals surface area contributed by atoms with E-state index in [-0.39, 0.29) is 27.9 Å². The number of anilines is 1. The number of amides is 1. The van der Waals surface area contributed by atoms with Crippen LogP contribution >= 0.6 is 22.9 Å². The average molecular weight is 483 g/mol. The van der Waals surface area contributed by atoms with E-state index in [9.17, 15) is 19.5 Å². The number of aliphatic hydroxyl groups excluding tert-OH is 1. The topological polar surface area (TPSA) is 96.8 Å². The second-order valence-electron chi connectivity index (χ2n) is 7.22. The predicted molar refractivity (Wildman–Crippen MR) is 125 cm³/mol. The molecule has 9 heteroatoms. The number of Topliss-reactive ketones (excluding diaryl/α,β-unsaturated/α-hetero) is 1. The SMILES string of the molecule is CCOC(=O)c1sc(N2C(=O)C(=O)C(=C(O)c3ccc(Cl)cc3)C2c2ccccc2)nc1C. The van der Waals surface area contributed by atoms with Crippen LogP contribution in [0.25, 0.3) is 5.76 Å². The van der Waals surface area contributed by atoms with Crippen molar-refractivity contribution in [1.82, 2.24) is 4.98 Å². The van der Waals surface area contributed by atoms with E-state index < -0.39 is 23.7 Å². The van der Waals surface area contributed by atoms with Crippen LogP contribution < -0.4 is 4.90 Å². The van der Waals surface area contributed by atoms with Gasteiger partial charge in [-0.15, -0.1) is 0 Å². The summed E-state index contributed by atoms with van der Waals surface area (Å²) in [6.07, 6.45) is 0. The Morgan fingerprint density at radius 3 is 2.45 bits per heavy atom. The Bertz CT molecular complexity index is 1270. The van der Waals surface area contributed by atoms with Gasteiger partial charge in [0.25, 0.3) is 5.78 Å². The number of halogens is 1. The minimum Gasteiger partial charge on any atom is -0.507 e. The Balaban J connectivity index is 1.89. The number of aromatic nitrogens is 1. The van der Waals surface area contributed by atoms with E-state index in [0.717, 1.165) is 11.3 Å². The van der Waals surface area contributed by atoms with Crippen LogP contribution in [0.3, 0.4) is 0 Å². The van der Waals surface area contributed by atoms with Gasteiger partial charge in [-0.25, -0.2) is 9.78 Å². The predicted octanol–water partition coefficient (Wildman–Crippen LogP) is 4.91. The van der Waals surface area contributed by atoms with Crippen LogP contribution in [0, 0.1) is 6.92 Å². The van der Waals surface area contributed by atoms with Gasteiger partial charge in [-0.2, -0.15) is 0 Å². The maximum atomic E-state index is 13.2. The number of aliphatic hydroxyl groups is 1. The van der Waals surface area contributed by atoms with Gasteiger partial charge in [-0.3, -0.25) is 14.5 Å². The highest BCUT2D eigenvalue weighted by atomic mass is 35.5. The maximum Gasteiger partial charge on any atom is 0.350 e. The molecule has 0 bridgehead atoms. The Morgan fingerprint density at radius 2 is 1.82 bits per heavy atom. The standard InChI is InChI=1S/C24H19ClN2O5S/c1-3-32-23(31)21-13(2)26-24(33-21)27-18(14-7-5-4-6-8-14)17(20(29)22(27)30)19(28)15-9-11-16(25)12-10-15/h4-12,18,28H,3H2,1-2H3. The summed E-state index contributed by atoms with van der Waals surface area (Å²) in [6.45, 7) is 3.52. The third kappa shape index (κ3) is 4.15. The molecule has 2 heterocycles. The largest absolute Gasteiger partial charge is 0.507 e. The number of ketones is 1. The Kier molecular flexibility index (Phi) is 6.31. The molecule has 1 atom stereocenters. The summed E-state index contributed by atoms with van der Waals surface area (Å²) in [5.41, 5.74) is 1.28. The Hall–Kier alpha value is -3.49. The molecule has 7 nitrogen and oxygen atoms in total. The van der Waals surface area contributed by atoms with Gasteiger partial charge in [-0.1, -0.05) is 53.3 Å². The highest BCUT2D eigenvalue weighted by Crippen LogP contribution is 2.43. The van der Waals surface area contributed by atoms with Crippen LogP contribution in [0.4, 0.5) is 5.13 Å². The third-order valence-electron chi connectivity index (χ3n) is 5.13. The van der Waals surface area contributed by atoms with Gasteiger partial charge in [0.15, 0.2) is 5.13 Å². The van der Waals surface area contributed by atoms with Crippen molar-refractivity contribution in [1.29, 1.82) is 0 Å². The number of rotatable bonds is 5. The van der Waals surface area contributed by atoms with E-state index in [1.54, 1.807) is 68.4 Å². The summed E-state index contributed by atoms with van der Waals surface area (Å²) in [5, 5.41) is 11.7. The molecule has 168 valence electrons. The van der Waals surface area contributed by atoms with Gasteiger partial charge in [0.05, 0.1) is 23.9 Å². The number of benzene rings is 2. The zero-order chi connectivity index (χ0) is 23.7. The first-order chi connectivity index (χ1) is 15.8. The zero-order valence-electron chi connectivity index (χ0n) is 17.7. The van der Waals surface area contributed by atoms with Crippen molar-refractivity contribution < 1.29 is 24.2 Å². The Morgan fingerprint density at radius 1 is 1.15 bits per heavy atom. The van der Waals surface area contributed by atoms with E-state index >= 15 is 0 Å². The molecule has 1 fully saturated rings. The summed E-state index contributed by atoms with van der Waals surface area (Å²) < 4.78 is 5.07. The smallest absolute Gasteiger partial charge is 0.350 e.